The van der Waals surface area contributed by atoms with E-state index in [4.69, 9.17) is 9.47 Å². The van der Waals surface area contributed by atoms with Gasteiger partial charge in [-0.15, -0.1) is 0 Å². The summed E-state index contributed by atoms with van der Waals surface area (Å²) in [6, 6.07) is 5.45. The molecule has 1 aromatic rings. The number of alkyl carbamates (subject to hydrolysis) is 1. The molecule has 8 nitrogen and oxygen atoms in total. The van der Waals surface area contributed by atoms with E-state index >= 15 is 0 Å². The van der Waals surface area contributed by atoms with Crippen LogP contribution in [0, 0.1) is 5.92 Å². The van der Waals surface area contributed by atoms with E-state index in [0.29, 0.717) is 24.0 Å². The normalized spacial score (nSPS) is 24.1. The van der Waals surface area contributed by atoms with Gasteiger partial charge in [0.25, 0.3) is 11.8 Å². The second-order valence-corrected chi connectivity index (χ2v) is 8.38. The Hall–Kier alpha value is -2.90. The van der Waals surface area contributed by atoms with Gasteiger partial charge in [0.2, 0.25) is 0 Å². The number of carbonyl (C=O) groups is 4. The van der Waals surface area contributed by atoms with E-state index in [9.17, 15) is 19.2 Å². The monoisotopic (exact) mass is 402 g/mol. The first-order valence-corrected chi connectivity index (χ1v) is 9.66. The lowest BCUT2D eigenvalue weighted by molar-refractivity contribution is -0.147. The zero-order chi connectivity index (χ0) is 21.3. The summed E-state index contributed by atoms with van der Waals surface area (Å²) in [5.41, 5.74) is -0.00173. The summed E-state index contributed by atoms with van der Waals surface area (Å²) in [6.07, 6.45) is 0.432. The standard InChI is InChI=1S/C21H26N2O6/c1-21(2,3)29-20(27)22-15-11-12(19(26)28-4)9-10-16(15)23-17(24)13-7-5-6-8-14(13)18(23)25/h5-8,12,15-16H,9-11H2,1-4H3,(H,22,27)/t12-,15+,16-/m0/s1. The third-order valence-electron chi connectivity index (χ3n) is 5.21. The van der Waals surface area contributed by atoms with Gasteiger partial charge in [-0.1, -0.05) is 12.1 Å². The molecule has 29 heavy (non-hydrogen) atoms. The van der Waals surface area contributed by atoms with Gasteiger partial charge in [0.1, 0.15) is 5.60 Å². The van der Waals surface area contributed by atoms with Crippen LogP contribution < -0.4 is 5.32 Å². The van der Waals surface area contributed by atoms with Crippen LogP contribution in [0.25, 0.3) is 0 Å². The molecule has 2 aliphatic rings. The number of benzene rings is 1. The quantitative estimate of drug-likeness (QED) is 0.616. The van der Waals surface area contributed by atoms with Crippen molar-refractivity contribution in [3.8, 4) is 0 Å². The first-order valence-electron chi connectivity index (χ1n) is 9.66. The van der Waals surface area contributed by atoms with Crippen LogP contribution in [0.2, 0.25) is 0 Å². The molecule has 156 valence electrons. The number of nitrogens with one attached hydrogen (secondary N) is 1. The van der Waals surface area contributed by atoms with Crippen molar-refractivity contribution in [3.05, 3.63) is 35.4 Å². The Morgan fingerprint density at radius 3 is 2.17 bits per heavy atom. The molecule has 1 aliphatic carbocycles. The van der Waals surface area contributed by atoms with Gasteiger partial charge in [0, 0.05) is 0 Å². The van der Waals surface area contributed by atoms with Gasteiger partial charge >= 0.3 is 12.1 Å². The smallest absolute Gasteiger partial charge is 0.407 e. The fourth-order valence-corrected chi connectivity index (χ4v) is 3.97. The second kappa shape index (κ2) is 7.85. The Kier molecular flexibility index (Phi) is 5.64. The molecule has 1 N–H and O–H groups in total. The summed E-state index contributed by atoms with van der Waals surface area (Å²) in [5, 5.41) is 2.76. The maximum absolute atomic E-state index is 12.9. The molecule has 1 aliphatic heterocycles. The molecule has 1 heterocycles. The molecule has 0 bridgehead atoms. The van der Waals surface area contributed by atoms with Gasteiger partial charge in [-0.2, -0.15) is 0 Å². The van der Waals surface area contributed by atoms with Gasteiger partial charge in [-0.05, 0) is 52.2 Å². The summed E-state index contributed by atoms with van der Waals surface area (Å²) < 4.78 is 10.2. The van der Waals surface area contributed by atoms with Crippen molar-refractivity contribution in [1.82, 2.24) is 10.2 Å². The van der Waals surface area contributed by atoms with Crippen LogP contribution >= 0.6 is 0 Å². The number of esters is 1. The first kappa shape index (κ1) is 20.8. The van der Waals surface area contributed by atoms with E-state index in [1.165, 1.54) is 12.0 Å². The largest absolute Gasteiger partial charge is 0.469 e. The number of amides is 3. The molecular formula is C21H26N2O6. The lowest BCUT2D eigenvalue weighted by Gasteiger charge is -2.39. The van der Waals surface area contributed by atoms with Gasteiger partial charge in [-0.3, -0.25) is 19.3 Å². The number of methoxy groups -OCH3 is 1. The van der Waals surface area contributed by atoms with Crippen molar-refractivity contribution in [1.29, 1.82) is 0 Å². The van der Waals surface area contributed by atoms with E-state index in [1.54, 1.807) is 45.0 Å². The Labute approximate surface area is 169 Å². The Morgan fingerprint density at radius 1 is 1.07 bits per heavy atom. The predicted octanol–water partition coefficient (Wildman–Crippen LogP) is 2.52. The van der Waals surface area contributed by atoms with Crippen molar-refractivity contribution in [2.45, 2.75) is 57.7 Å². The van der Waals surface area contributed by atoms with Crippen molar-refractivity contribution in [3.63, 3.8) is 0 Å². The Balaban J connectivity index is 1.85. The molecule has 0 radical (unpaired) electrons. The third kappa shape index (κ3) is 4.26. The highest BCUT2D eigenvalue weighted by molar-refractivity contribution is 6.21. The van der Waals surface area contributed by atoms with Crippen LogP contribution in [0.3, 0.4) is 0 Å². The Bertz CT molecular complexity index is 809. The number of imide groups is 1. The number of fused-ring (bicyclic) bond motifs is 1. The molecule has 1 aromatic carbocycles. The van der Waals surface area contributed by atoms with E-state index in [2.05, 4.69) is 5.32 Å². The molecular weight excluding hydrogens is 376 g/mol. The van der Waals surface area contributed by atoms with Crippen LogP contribution in [0.15, 0.2) is 24.3 Å². The SMILES string of the molecule is COC(=O)[C@H]1CC[C@H](N2C(=O)c3ccccc3C2=O)[C@H](NC(=O)OC(C)(C)C)C1. The molecule has 3 rings (SSSR count). The average Bonchev–Trinajstić information content (AvgIpc) is 2.91. The second-order valence-electron chi connectivity index (χ2n) is 8.38. The maximum Gasteiger partial charge on any atom is 0.407 e. The van der Waals surface area contributed by atoms with Crippen molar-refractivity contribution >= 4 is 23.9 Å². The minimum atomic E-state index is -0.703. The first-order chi connectivity index (χ1) is 13.6. The molecule has 3 atom stereocenters. The number of nitrogens with zero attached hydrogens (tertiary/aromatic N) is 1. The lowest BCUT2D eigenvalue weighted by atomic mass is 9.81. The molecule has 0 unspecified atom stereocenters. The summed E-state index contributed by atoms with van der Waals surface area (Å²) in [6.45, 7) is 5.23. The summed E-state index contributed by atoms with van der Waals surface area (Å²) in [4.78, 5) is 51.4. The summed E-state index contributed by atoms with van der Waals surface area (Å²) in [7, 11) is 1.31. The Morgan fingerprint density at radius 2 is 1.66 bits per heavy atom. The molecule has 1 fully saturated rings. The zero-order valence-electron chi connectivity index (χ0n) is 17.1. The summed E-state index contributed by atoms with van der Waals surface area (Å²) in [5.74, 6) is -1.57. The minimum Gasteiger partial charge on any atom is -0.469 e. The molecule has 3 amide bonds. The highest BCUT2D eigenvalue weighted by atomic mass is 16.6. The van der Waals surface area contributed by atoms with Gasteiger partial charge in [-0.25, -0.2) is 4.79 Å². The van der Waals surface area contributed by atoms with Crippen molar-refractivity contribution < 1.29 is 28.7 Å². The number of ether oxygens (including phenoxy) is 2. The molecule has 8 heteroatoms. The molecule has 0 aromatic heterocycles. The number of rotatable bonds is 3. The molecule has 0 spiro atoms. The van der Waals surface area contributed by atoms with Crippen LogP contribution in [-0.4, -0.2) is 53.6 Å². The van der Waals surface area contributed by atoms with Crippen LogP contribution in [0.4, 0.5) is 4.79 Å². The topological polar surface area (TPSA) is 102 Å². The minimum absolute atomic E-state index is 0.254. The van der Waals surface area contributed by atoms with Gasteiger partial charge in [0.05, 0.1) is 36.2 Å². The van der Waals surface area contributed by atoms with E-state index in [1.807, 2.05) is 0 Å². The van der Waals surface area contributed by atoms with Crippen LogP contribution in [-0.2, 0) is 14.3 Å². The lowest BCUT2D eigenvalue weighted by Crippen LogP contribution is -2.57. The van der Waals surface area contributed by atoms with Crippen LogP contribution in [0.1, 0.15) is 60.7 Å². The fourth-order valence-electron chi connectivity index (χ4n) is 3.97. The highest BCUT2D eigenvalue weighted by Gasteiger charge is 2.46. The average molecular weight is 402 g/mol. The van der Waals surface area contributed by atoms with Crippen molar-refractivity contribution in [2.24, 2.45) is 5.92 Å². The summed E-state index contributed by atoms with van der Waals surface area (Å²) >= 11 is 0. The van der Waals surface area contributed by atoms with Gasteiger partial charge in [0.15, 0.2) is 0 Å². The fraction of sp³-hybridized carbons (Fsp3) is 0.524. The highest BCUT2D eigenvalue weighted by Crippen LogP contribution is 2.34. The number of hydrogen-bond acceptors (Lipinski definition) is 6. The van der Waals surface area contributed by atoms with E-state index in [0.717, 1.165) is 0 Å². The zero-order valence-corrected chi connectivity index (χ0v) is 17.1. The maximum atomic E-state index is 12.9. The van der Waals surface area contributed by atoms with Crippen molar-refractivity contribution in [2.75, 3.05) is 7.11 Å². The third-order valence-corrected chi connectivity index (χ3v) is 5.21. The number of carbonyl (C=O) groups excluding carboxylic acids is 4. The molecule has 0 saturated heterocycles. The van der Waals surface area contributed by atoms with E-state index < -0.39 is 29.7 Å². The molecule has 1 saturated carbocycles. The van der Waals surface area contributed by atoms with Gasteiger partial charge < -0.3 is 14.8 Å². The number of hydrogen-bond donors (Lipinski definition) is 1. The predicted molar refractivity (Wildman–Crippen MR) is 103 cm³/mol. The van der Waals surface area contributed by atoms with Crippen LogP contribution in [0.5, 0.6) is 0 Å². The van der Waals surface area contributed by atoms with E-state index in [-0.39, 0.29) is 24.2 Å².